The maximum Gasteiger partial charge on any atom is 0.223 e. The molecule has 27 aromatic rings. The molecule has 0 spiro atoms. The SMILES string of the molecule is CC(=O)Nc1nc2ccc(-c3nn(Cc4cc5ccccc5nc4-c4ccccc4)c4ncnc(N)c34)cc2s1.Cc1ccccc1-c1nc2ccccc2cc1Cn1nc(-c2ccc3nc(N)sc3c2)c2c(N)ncnc21.Nc1nc2ccc(-c3nn(Cc4cc5ccccc5nc4-c4ccccc4)c4ncnc(N)c34)cc2s1.Nc1ncnc2c1c(-c1cccc(O)c1)nn2Cc1cc2ccccc2nc1-c1ccccc1F. The summed E-state index contributed by atoms with van der Waals surface area (Å²) >= 11 is 4.29. The van der Waals surface area contributed by atoms with Gasteiger partial charge in [-0.15, -0.1) is 0 Å². The van der Waals surface area contributed by atoms with Gasteiger partial charge in [-0.3, -0.25) is 4.79 Å². The van der Waals surface area contributed by atoms with Crippen molar-refractivity contribution in [3.05, 3.63) is 368 Å². The number of nitrogens with one attached hydrogen (secondary N) is 1. The van der Waals surface area contributed by atoms with Gasteiger partial charge >= 0.3 is 0 Å². The summed E-state index contributed by atoms with van der Waals surface area (Å²) in [5.41, 5.74) is 63.7. The Morgan fingerprint density at radius 3 is 1.01 bits per heavy atom. The number of carbonyl (C=O) groups excluding carboxylic acids is 1. The van der Waals surface area contributed by atoms with Gasteiger partial charge in [-0.2, -0.15) is 20.4 Å². The van der Waals surface area contributed by atoms with E-state index in [0.29, 0.717) is 119 Å². The van der Waals surface area contributed by atoms with Crippen molar-refractivity contribution in [1.29, 1.82) is 0 Å². The van der Waals surface area contributed by atoms with Gasteiger partial charge in [-0.1, -0.05) is 234 Å². The molecule has 0 unspecified atom stereocenters. The zero-order chi connectivity index (χ0) is 102. The van der Waals surface area contributed by atoms with Crippen LogP contribution in [-0.2, 0) is 31.0 Å². The summed E-state index contributed by atoms with van der Waals surface area (Å²) in [6.07, 6.45) is 5.80. The number of aryl methyl sites for hydroxylation is 1. The zero-order valence-corrected chi connectivity index (χ0v) is 82.2. The first kappa shape index (κ1) is 92.6. The minimum Gasteiger partial charge on any atom is -0.508 e. The summed E-state index contributed by atoms with van der Waals surface area (Å²) in [6, 6.07) is 100. The molecule has 150 heavy (non-hydrogen) atoms. The first-order valence-electron chi connectivity index (χ1n) is 47.5. The monoisotopic (exact) mass is 2020 g/mol. The number of thiazole rings is 3. The van der Waals surface area contributed by atoms with E-state index < -0.39 is 0 Å². The molecule has 0 saturated carbocycles. The highest BCUT2D eigenvalue weighted by atomic mass is 32.1. The standard InChI is InChI=1S/C30H22N8OS.C29H22N8S.C28H20N8S.C27H19FN6O/c1-17(39)34-30-36-23-12-11-20(14-24(23)40-30)27-25-28(31)32-16-33-29(25)38(37-27)15-21-13-19-9-5-6-10-22(19)35-26(21)18-7-3-2-4-8-18;1-16-6-2-4-8-20(16)25-19(12-17-7-3-5-9-21(17)34-25)14-37-28-24(27(30)32-15-33-28)26(36-37)18-10-11-22-23(13-18)38-29(31)35-22;29-26-23-25(18-10-11-21-22(13-18)37-28(30)34-21)35-36(27(23)32-15-31-26)14-19-12-17-8-4-5-9-20(17)33-24(19)16-6-2-1-3-7-16;28-21-10-3-2-9-20(21)24-18(12-16-6-1-4-11-22(16)32-24)14-34-27-23(26(29)30-15-31-27)25(33-34)17-7-5-8-19(35)13-17/h2-14,16H,15H2,1H3,(H2,31,32,33)(H,34,36,39);2-13,15H,14H2,1H3,(H2,31,35)(H2,30,32,33);1-13,15H,14H2,(H2,30,34)(H2,29,31,32);1-13,15,35H,14H2,(H2,29,30,31). The van der Waals surface area contributed by atoms with Crippen LogP contribution in [0.15, 0.2) is 335 Å². The fraction of sp³-hybridized carbons (Fsp3) is 0.0526. The molecule has 0 bridgehead atoms. The van der Waals surface area contributed by atoms with Crippen LogP contribution in [0, 0.1) is 12.7 Å². The lowest BCUT2D eigenvalue weighted by atomic mass is 9.99. The van der Waals surface area contributed by atoms with Crippen LogP contribution >= 0.6 is 34.0 Å². The first-order chi connectivity index (χ1) is 73.3. The van der Waals surface area contributed by atoms with Gasteiger partial charge in [0.25, 0.3) is 0 Å². The molecule has 14 N–H and O–H groups in total. The third kappa shape index (κ3) is 18.0. The van der Waals surface area contributed by atoms with Crippen LogP contribution in [0.2, 0.25) is 0 Å². The van der Waals surface area contributed by atoms with Crippen LogP contribution in [0.5, 0.6) is 5.75 Å². The number of nitrogens with zero attached hydrogens (tertiary/aromatic N) is 23. The lowest BCUT2D eigenvalue weighted by Gasteiger charge is -2.13. The number of nitrogen functional groups attached to an aromatic ring is 6. The minimum absolute atomic E-state index is 0.112. The fourth-order valence-corrected chi connectivity index (χ4v) is 21.4. The van der Waals surface area contributed by atoms with E-state index in [2.05, 4.69) is 140 Å². The lowest BCUT2D eigenvalue weighted by Crippen LogP contribution is -2.06. The smallest absolute Gasteiger partial charge is 0.223 e. The molecule has 15 heterocycles. The Morgan fingerprint density at radius 2 is 0.627 bits per heavy atom. The van der Waals surface area contributed by atoms with Gasteiger partial charge in [-0.05, 0) is 122 Å². The van der Waals surface area contributed by atoms with Gasteiger partial charge in [0.05, 0.1) is 123 Å². The highest BCUT2D eigenvalue weighted by Crippen LogP contribution is 2.43. The van der Waals surface area contributed by atoms with Crippen molar-refractivity contribution in [1.82, 2.24) is 114 Å². The molecule has 0 radical (unpaired) electrons. The fourth-order valence-electron chi connectivity index (χ4n) is 18.9. The third-order valence-corrected chi connectivity index (χ3v) is 28.4. The Bertz CT molecular complexity index is 10000. The number of para-hydroxylation sites is 4. The van der Waals surface area contributed by atoms with Crippen molar-refractivity contribution in [3.8, 4) is 95.8 Å². The number of hydrogen-bond acceptors (Lipinski definition) is 30. The van der Waals surface area contributed by atoms with Crippen molar-refractivity contribution in [2.45, 2.75) is 40.0 Å². The van der Waals surface area contributed by atoms with Crippen LogP contribution in [0.3, 0.4) is 0 Å². The Labute approximate surface area is 863 Å². The van der Waals surface area contributed by atoms with Gasteiger partial charge < -0.3 is 44.8 Å². The number of fused-ring (bicyclic) bond motifs is 11. The summed E-state index contributed by atoms with van der Waals surface area (Å²) in [4.78, 5) is 79.8. The number of aromatic nitrogens is 23. The zero-order valence-electron chi connectivity index (χ0n) is 79.8. The average molecular weight is 2020 g/mol. The number of phenols is 1. The van der Waals surface area contributed by atoms with Gasteiger partial charge in [0.15, 0.2) is 38.0 Å². The number of anilines is 7. The van der Waals surface area contributed by atoms with E-state index >= 15 is 0 Å². The molecule has 0 fully saturated rings. The van der Waals surface area contributed by atoms with Crippen LogP contribution in [0.4, 0.5) is 43.1 Å². The number of halogens is 1. The Balaban J connectivity index is 0.000000107. The van der Waals surface area contributed by atoms with Crippen molar-refractivity contribution in [2.24, 2.45) is 0 Å². The van der Waals surface area contributed by atoms with Crippen molar-refractivity contribution < 1.29 is 14.3 Å². The second-order valence-corrected chi connectivity index (χ2v) is 38.7. The van der Waals surface area contributed by atoms with E-state index in [9.17, 15) is 14.3 Å². The van der Waals surface area contributed by atoms with E-state index in [4.69, 9.17) is 74.7 Å². The van der Waals surface area contributed by atoms with Gasteiger partial charge in [-0.25, -0.2) is 97.9 Å². The maximum atomic E-state index is 14.8. The van der Waals surface area contributed by atoms with Gasteiger partial charge in [0.2, 0.25) is 5.91 Å². The second kappa shape index (κ2) is 39.0. The summed E-state index contributed by atoms with van der Waals surface area (Å²) < 4.78 is 25.1. The Morgan fingerprint density at radius 1 is 0.307 bits per heavy atom. The summed E-state index contributed by atoms with van der Waals surface area (Å²) in [5, 5.41) is 41.0. The van der Waals surface area contributed by atoms with Crippen LogP contribution in [0.1, 0.15) is 34.7 Å². The van der Waals surface area contributed by atoms with Gasteiger partial charge in [0.1, 0.15) is 82.9 Å². The molecule has 27 rings (SSSR count). The average Bonchev–Trinajstić information content (AvgIpc) is 1.52. The number of amides is 1. The topological polar surface area (TPSA) is 470 Å². The van der Waals surface area contributed by atoms with Crippen molar-refractivity contribution in [3.63, 3.8) is 0 Å². The van der Waals surface area contributed by atoms with E-state index in [-0.39, 0.29) is 29.8 Å². The highest BCUT2D eigenvalue weighted by molar-refractivity contribution is 7.23. The number of benzene rings is 12. The van der Waals surface area contributed by atoms with Crippen LogP contribution < -0.4 is 39.7 Å². The highest BCUT2D eigenvalue weighted by Gasteiger charge is 2.28. The number of pyridine rings is 4. The molecule has 0 saturated heterocycles. The van der Waals surface area contributed by atoms with Gasteiger partial charge in [0, 0.05) is 95.2 Å². The molecule has 0 atom stereocenters. The number of rotatable bonds is 17. The Kier molecular flexibility index (Phi) is 24.1. The van der Waals surface area contributed by atoms with E-state index in [1.807, 2.05) is 208 Å². The maximum absolute atomic E-state index is 14.8. The van der Waals surface area contributed by atoms with E-state index in [0.717, 1.165) is 169 Å². The molecular formula is C114H83FN30O2S3. The molecular weight excluding hydrogens is 1940 g/mol. The van der Waals surface area contributed by atoms with E-state index in [1.165, 1.54) is 72.3 Å². The largest absolute Gasteiger partial charge is 0.508 e. The molecule has 15 aromatic heterocycles. The molecule has 1 amide bonds. The molecule has 36 heteroatoms. The summed E-state index contributed by atoms with van der Waals surface area (Å²) in [6.45, 7) is 5.20. The third-order valence-electron chi connectivity index (χ3n) is 25.8. The Hall–Kier alpha value is -19.8. The number of carbonyl (C=O) groups is 1. The van der Waals surface area contributed by atoms with Crippen LogP contribution in [-0.4, -0.2) is 125 Å². The quantitative estimate of drug-likeness (QED) is 0.0420. The molecule has 0 aliphatic rings. The number of hydrogen-bond donors (Lipinski definition) is 8. The lowest BCUT2D eigenvalue weighted by molar-refractivity contribution is -0.114. The van der Waals surface area contributed by atoms with Crippen LogP contribution in [0.25, 0.3) is 208 Å². The number of nitrogens with two attached hydrogens (primary N) is 6. The van der Waals surface area contributed by atoms with Crippen molar-refractivity contribution in [2.75, 3.05) is 39.7 Å². The normalized spacial score (nSPS) is 11.5. The van der Waals surface area contributed by atoms with Crippen molar-refractivity contribution >= 4 is 197 Å². The first-order valence-corrected chi connectivity index (χ1v) is 49.9. The molecule has 726 valence electrons. The number of aromatic hydroxyl groups is 1. The minimum atomic E-state index is -0.353. The predicted octanol–water partition coefficient (Wildman–Crippen LogP) is 22.5. The second-order valence-electron chi connectivity index (χ2n) is 35.5. The number of phenolic OH excluding ortho intramolecular Hbond substituents is 1. The molecule has 0 aliphatic carbocycles. The predicted molar refractivity (Wildman–Crippen MR) is 595 cm³/mol. The summed E-state index contributed by atoms with van der Waals surface area (Å²) in [5.74, 6) is 1.01. The molecule has 0 aliphatic heterocycles. The molecule has 32 nitrogen and oxygen atoms in total. The van der Waals surface area contributed by atoms with E-state index in [1.54, 1.807) is 41.1 Å². The molecule has 12 aromatic carbocycles. The summed E-state index contributed by atoms with van der Waals surface area (Å²) in [7, 11) is 0.